The van der Waals surface area contributed by atoms with E-state index >= 15 is 0 Å². The number of carbonyl (C=O) groups is 4. The minimum Gasteiger partial charge on any atom is -0.370 e. The minimum atomic E-state index is -0.805. The monoisotopic (exact) mass is 411 g/mol. The molecule has 0 spiro atoms. The maximum absolute atomic E-state index is 13.1. The fourth-order valence-electron chi connectivity index (χ4n) is 2.93. The van der Waals surface area contributed by atoms with E-state index in [1.165, 1.54) is 4.90 Å². The number of hydrogen-bond acceptors (Lipinski definition) is 5. The van der Waals surface area contributed by atoms with Crippen molar-refractivity contribution in [2.45, 2.75) is 58.5 Å². The zero-order chi connectivity index (χ0) is 22.2. The van der Waals surface area contributed by atoms with Crippen molar-refractivity contribution in [1.82, 2.24) is 15.5 Å². The second-order valence-electron chi connectivity index (χ2n) is 8.10. The fourth-order valence-corrected chi connectivity index (χ4v) is 2.93. The molecule has 1 heterocycles. The fraction of sp³-hybridized carbons (Fsp3) is 0.722. The number of nitrogens with zero attached hydrogens (tertiary/aromatic N) is 2. The highest BCUT2D eigenvalue weighted by Crippen LogP contribution is 2.21. The lowest BCUT2D eigenvalue weighted by atomic mass is 9.94. The third-order valence-electron chi connectivity index (χ3n) is 4.51. The van der Waals surface area contributed by atoms with Gasteiger partial charge in [-0.1, -0.05) is 20.8 Å². The smallest absolute Gasteiger partial charge is 0.245 e. The molecule has 1 saturated heterocycles. The first-order valence-electron chi connectivity index (χ1n) is 9.66. The number of guanidine groups is 1. The molecular weight excluding hydrogens is 378 g/mol. The van der Waals surface area contributed by atoms with Crippen LogP contribution in [0, 0.1) is 5.41 Å². The largest absolute Gasteiger partial charge is 0.370 e. The van der Waals surface area contributed by atoms with E-state index in [9.17, 15) is 19.2 Å². The highest BCUT2D eigenvalue weighted by atomic mass is 16.2. The summed E-state index contributed by atoms with van der Waals surface area (Å²) >= 11 is 0. The number of carbonyl (C=O) groups excluding carboxylic acids is 4. The van der Waals surface area contributed by atoms with Gasteiger partial charge in [0.05, 0.1) is 6.54 Å². The molecule has 164 valence electrons. The second-order valence-corrected chi connectivity index (χ2v) is 8.10. The Bertz CT molecular complexity index is 653. The molecule has 8 N–H and O–H groups in total. The van der Waals surface area contributed by atoms with E-state index in [0.29, 0.717) is 38.8 Å². The normalized spacial score (nSPS) is 17.3. The van der Waals surface area contributed by atoms with Gasteiger partial charge >= 0.3 is 0 Å². The van der Waals surface area contributed by atoms with E-state index < -0.39 is 29.3 Å². The molecule has 2 atom stereocenters. The van der Waals surface area contributed by atoms with Gasteiger partial charge in [-0.3, -0.25) is 24.2 Å². The third-order valence-corrected chi connectivity index (χ3v) is 4.51. The molecule has 0 aliphatic carbocycles. The molecule has 0 saturated carbocycles. The van der Waals surface area contributed by atoms with E-state index in [-0.39, 0.29) is 24.3 Å². The first kappa shape index (κ1) is 24.2. The van der Waals surface area contributed by atoms with E-state index in [4.69, 9.17) is 17.2 Å². The summed E-state index contributed by atoms with van der Waals surface area (Å²) in [6, 6.07) is -1.51. The van der Waals surface area contributed by atoms with Crippen molar-refractivity contribution in [3.63, 3.8) is 0 Å². The maximum atomic E-state index is 13.1. The Labute approximate surface area is 170 Å². The van der Waals surface area contributed by atoms with Gasteiger partial charge in [0, 0.05) is 18.5 Å². The molecule has 4 amide bonds. The lowest BCUT2D eigenvalue weighted by molar-refractivity contribution is -0.142. The highest BCUT2D eigenvalue weighted by molar-refractivity contribution is 5.94. The summed E-state index contributed by atoms with van der Waals surface area (Å²) in [5.41, 5.74) is 15.0. The molecule has 0 aromatic carbocycles. The molecule has 1 fully saturated rings. The van der Waals surface area contributed by atoms with Crippen LogP contribution in [0.3, 0.4) is 0 Å². The number of aliphatic imine (C=N–C) groups is 1. The second kappa shape index (κ2) is 10.6. The number of amides is 4. The number of likely N-dealkylation sites (tertiary alicyclic amines) is 1. The molecule has 0 aromatic rings. The molecular formula is C18H33N7O4. The summed E-state index contributed by atoms with van der Waals surface area (Å²) in [5.74, 6) is -1.76. The van der Waals surface area contributed by atoms with Crippen LogP contribution in [-0.2, 0) is 19.2 Å². The Balaban J connectivity index is 2.89. The lowest BCUT2D eigenvalue weighted by Gasteiger charge is -2.30. The van der Waals surface area contributed by atoms with Crippen molar-refractivity contribution < 1.29 is 19.2 Å². The van der Waals surface area contributed by atoms with Gasteiger partial charge in [-0.05, 0) is 25.7 Å². The van der Waals surface area contributed by atoms with Crippen LogP contribution >= 0.6 is 0 Å². The molecule has 11 nitrogen and oxygen atoms in total. The average molecular weight is 412 g/mol. The standard InChI is InChI=1S/C18H33N7O4/c1-18(2,3)16(29)24-11(6-4-8-22-17(20)21)15(28)25-9-5-7-12(25)14(27)23-10-13(19)26/h11-12H,4-10H2,1-3H3,(H2,19,26)(H,23,27)(H,24,29)(H4,20,21,22)/t11-,12-/m0/s1. The van der Waals surface area contributed by atoms with Crippen LogP contribution in [0.25, 0.3) is 0 Å². The van der Waals surface area contributed by atoms with Crippen molar-refractivity contribution in [2.75, 3.05) is 19.6 Å². The van der Waals surface area contributed by atoms with Crippen molar-refractivity contribution in [3.05, 3.63) is 0 Å². The Hall–Kier alpha value is -2.85. The Morgan fingerprint density at radius 1 is 1.17 bits per heavy atom. The molecule has 0 aromatic heterocycles. The summed E-state index contributed by atoms with van der Waals surface area (Å²) < 4.78 is 0. The molecule has 0 unspecified atom stereocenters. The van der Waals surface area contributed by atoms with E-state index in [1.807, 2.05) is 0 Å². The zero-order valence-electron chi connectivity index (χ0n) is 17.4. The van der Waals surface area contributed by atoms with Gasteiger partial charge in [0.25, 0.3) is 0 Å². The van der Waals surface area contributed by atoms with Crippen LogP contribution in [-0.4, -0.2) is 66.2 Å². The van der Waals surface area contributed by atoms with Gasteiger partial charge in [-0.2, -0.15) is 0 Å². The number of rotatable bonds is 9. The molecule has 1 aliphatic rings. The van der Waals surface area contributed by atoms with Crippen molar-refractivity contribution in [1.29, 1.82) is 0 Å². The van der Waals surface area contributed by atoms with Gasteiger partial charge in [0.2, 0.25) is 23.6 Å². The summed E-state index contributed by atoms with van der Waals surface area (Å²) in [5, 5.41) is 5.22. The number of primary amides is 1. The first-order valence-corrected chi connectivity index (χ1v) is 9.66. The van der Waals surface area contributed by atoms with Gasteiger partial charge in [-0.25, -0.2) is 0 Å². The third kappa shape index (κ3) is 7.96. The lowest BCUT2D eigenvalue weighted by Crippen LogP contribution is -2.55. The molecule has 29 heavy (non-hydrogen) atoms. The van der Waals surface area contributed by atoms with Crippen molar-refractivity contribution in [2.24, 2.45) is 27.6 Å². The Kier molecular flexibility index (Phi) is 8.86. The molecule has 1 rings (SSSR count). The van der Waals surface area contributed by atoms with Crippen molar-refractivity contribution in [3.8, 4) is 0 Å². The SMILES string of the molecule is CC(C)(C)C(=O)N[C@@H](CCCN=C(N)N)C(=O)N1CCC[C@H]1C(=O)NCC(N)=O. The van der Waals surface area contributed by atoms with E-state index in [2.05, 4.69) is 15.6 Å². The predicted octanol–water partition coefficient (Wildman–Crippen LogP) is -1.84. The quantitative estimate of drug-likeness (QED) is 0.168. The number of nitrogens with two attached hydrogens (primary N) is 3. The Morgan fingerprint density at radius 2 is 1.83 bits per heavy atom. The number of nitrogens with one attached hydrogen (secondary N) is 2. The van der Waals surface area contributed by atoms with Crippen LogP contribution in [0.5, 0.6) is 0 Å². The Morgan fingerprint density at radius 3 is 2.38 bits per heavy atom. The summed E-state index contributed by atoms with van der Waals surface area (Å²) in [6.45, 7) is 5.67. The van der Waals surface area contributed by atoms with E-state index in [0.717, 1.165) is 0 Å². The summed E-state index contributed by atoms with van der Waals surface area (Å²) in [4.78, 5) is 54.2. The van der Waals surface area contributed by atoms with Crippen LogP contribution in [0.4, 0.5) is 0 Å². The predicted molar refractivity (Wildman–Crippen MR) is 108 cm³/mol. The van der Waals surface area contributed by atoms with Crippen LogP contribution < -0.4 is 27.8 Å². The topological polar surface area (TPSA) is 186 Å². The van der Waals surface area contributed by atoms with Gasteiger partial charge in [-0.15, -0.1) is 0 Å². The van der Waals surface area contributed by atoms with Crippen molar-refractivity contribution >= 4 is 29.6 Å². The molecule has 11 heteroatoms. The minimum absolute atomic E-state index is 0.0441. The molecule has 1 aliphatic heterocycles. The number of hydrogen-bond donors (Lipinski definition) is 5. The first-order chi connectivity index (χ1) is 13.4. The van der Waals surface area contributed by atoms with E-state index in [1.54, 1.807) is 20.8 Å². The molecule has 0 radical (unpaired) electrons. The zero-order valence-corrected chi connectivity index (χ0v) is 17.4. The van der Waals surface area contributed by atoms with Gasteiger partial charge < -0.3 is 32.7 Å². The van der Waals surface area contributed by atoms with Gasteiger partial charge in [0.1, 0.15) is 12.1 Å². The highest BCUT2D eigenvalue weighted by Gasteiger charge is 2.38. The molecule has 0 bridgehead atoms. The van der Waals surface area contributed by atoms with Gasteiger partial charge in [0.15, 0.2) is 5.96 Å². The van der Waals surface area contributed by atoms with Crippen LogP contribution in [0.1, 0.15) is 46.5 Å². The summed E-state index contributed by atoms with van der Waals surface area (Å²) in [7, 11) is 0. The summed E-state index contributed by atoms with van der Waals surface area (Å²) in [6.07, 6.45) is 1.92. The van der Waals surface area contributed by atoms with Crippen LogP contribution in [0.15, 0.2) is 4.99 Å². The van der Waals surface area contributed by atoms with Crippen LogP contribution in [0.2, 0.25) is 0 Å². The average Bonchev–Trinajstić information content (AvgIpc) is 3.10. The maximum Gasteiger partial charge on any atom is 0.245 e.